The summed E-state index contributed by atoms with van der Waals surface area (Å²) in [6.45, 7) is 0. The third-order valence-corrected chi connectivity index (χ3v) is 13.3. The van der Waals surface area contributed by atoms with Gasteiger partial charge in [0.15, 0.2) is 0 Å². The molecule has 61 heavy (non-hydrogen) atoms. The Balaban J connectivity index is 1.18. The van der Waals surface area contributed by atoms with Gasteiger partial charge in [-0.1, -0.05) is 194 Å². The SMILES string of the molecule is c1ccc(-c2ccc(N(c3ccccc3-c3cccc4ccccc34)c3cccc4c3-c3ccccc3C43c4ccccc4-c4ccccc43)c3c2oc2ccccc23)cc1. The molecule has 0 bridgehead atoms. The second kappa shape index (κ2) is 13.0. The summed E-state index contributed by atoms with van der Waals surface area (Å²) < 4.78 is 6.95. The molecule has 2 heteroatoms. The molecule has 0 amide bonds. The minimum atomic E-state index is -0.481. The first-order valence-electron chi connectivity index (χ1n) is 21.1. The molecule has 1 heterocycles. The maximum Gasteiger partial charge on any atom is 0.145 e. The van der Waals surface area contributed by atoms with Gasteiger partial charge in [-0.3, -0.25) is 0 Å². The van der Waals surface area contributed by atoms with Crippen molar-refractivity contribution in [2.24, 2.45) is 0 Å². The summed E-state index contributed by atoms with van der Waals surface area (Å²) in [6, 6.07) is 82.2. The summed E-state index contributed by atoms with van der Waals surface area (Å²) in [5, 5.41) is 4.60. The number of fused-ring (bicyclic) bond motifs is 14. The Morgan fingerprint density at radius 2 is 0.869 bits per heavy atom. The van der Waals surface area contributed by atoms with Gasteiger partial charge in [-0.05, 0) is 91.2 Å². The van der Waals surface area contributed by atoms with Gasteiger partial charge in [0, 0.05) is 22.1 Å². The fourth-order valence-electron chi connectivity index (χ4n) is 10.9. The van der Waals surface area contributed by atoms with Crippen LogP contribution >= 0.6 is 0 Å². The molecule has 284 valence electrons. The molecular weight excluding hydrogens is 739 g/mol. The van der Waals surface area contributed by atoms with Gasteiger partial charge in [0.2, 0.25) is 0 Å². The van der Waals surface area contributed by atoms with E-state index >= 15 is 0 Å². The highest BCUT2D eigenvalue weighted by atomic mass is 16.3. The molecule has 0 radical (unpaired) electrons. The Morgan fingerprint density at radius 3 is 1.66 bits per heavy atom. The first-order valence-corrected chi connectivity index (χ1v) is 21.1. The van der Waals surface area contributed by atoms with E-state index in [1.807, 2.05) is 0 Å². The highest BCUT2D eigenvalue weighted by Gasteiger charge is 2.52. The van der Waals surface area contributed by atoms with Gasteiger partial charge in [0.1, 0.15) is 11.2 Å². The number of para-hydroxylation sites is 2. The average Bonchev–Trinajstić information content (AvgIpc) is 3.97. The standard InChI is InChI=1S/C59H37NO/c1-2-18-39(19-3-1)41-36-37-54(57-47-27-10-15-35-55(47)61-58(41)57)60(52-33-14-9-25-45(52)42-28-16-21-38-20-4-5-22-40(38)42)53-34-17-32-51-56(53)46-26-8-13-31-50(46)59(51)48-29-11-6-23-43(48)44-24-7-12-30-49(44)59/h1-37H. The smallest absolute Gasteiger partial charge is 0.145 e. The fourth-order valence-corrected chi connectivity index (χ4v) is 10.9. The number of furan rings is 1. The van der Waals surface area contributed by atoms with E-state index in [2.05, 4.69) is 229 Å². The zero-order valence-electron chi connectivity index (χ0n) is 33.2. The summed E-state index contributed by atoms with van der Waals surface area (Å²) >= 11 is 0. The molecule has 2 aliphatic carbocycles. The van der Waals surface area contributed by atoms with Crippen molar-refractivity contribution in [2.75, 3.05) is 4.90 Å². The molecular formula is C59H37NO. The van der Waals surface area contributed by atoms with E-state index in [9.17, 15) is 0 Å². The van der Waals surface area contributed by atoms with Crippen LogP contribution in [0.15, 0.2) is 229 Å². The van der Waals surface area contributed by atoms with Gasteiger partial charge in [-0.2, -0.15) is 0 Å². The number of hydrogen-bond donors (Lipinski definition) is 0. The Bertz CT molecular complexity index is 3510. The minimum absolute atomic E-state index is 0.481. The predicted octanol–water partition coefficient (Wildman–Crippen LogP) is 15.9. The maximum absolute atomic E-state index is 6.95. The van der Waals surface area contributed by atoms with Gasteiger partial charge in [0.05, 0.1) is 27.9 Å². The maximum atomic E-state index is 6.95. The lowest BCUT2D eigenvalue weighted by molar-refractivity contribution is 0.670. The van der Waals surface area contributed by atoms with Crippen LogP contribution in [0.3, 0.4) is 0 Å². The van der Waals surface area contributed by atoms with Crippen molar-refractivity contribution in [3.8, 4) is 44.5 Å². The van der Waals surface area contributed by atoms with E-state index in [0.717, 1.165) is 55.7 Å². The molecule has 0 aliphatic heterocycles. The van der Waals surface area contributed by atoms with E-state index in [0.29, 0.717) is 0 Å². The van der Waals surface area contributed by atoms with Crippen molar-refractivity contribution in [2.45, 2.75) is 5.41 Å². The molecule has 0 unspecified atom stereocenters. The number of rotatable bonds is 5. The predicted molar refractivity (Wildman–Crippen MR) is 253 cm³/mol. The Labute approximate surface area is 354 Å². The Hall–Kier alpha value is -7.94. The van der Waals surface area contributed by atoms with Crippen molar-refractivity contribution < 1.29 is 4.42 Å². The molecule has 0 saturated heterocycles. The normalized spacial score (nSPS) is 13.0. The zero-order chi connectivity index (χ0) is 40.1. The van der Waals surface area contributed by atoms with Crippen LogP contribution in [0.2, 0.25) is 0 Å². The van der Waals surface area contributed by atoms with Crippen LogP contribution in [-0.4, -0.2) is 0 Å². The minimum Gasteiger partial charge on any atom is -0.455 e. The molecule has 10 aromatic carbocycles. The van der Waals surface area contributed by atoms with Crippen molar-refractivity contribution in [3.05, 3.63) is 247 Å². The van der Waals surface area contributed by atoms with Crippen LogP contribution in [-0.2, 0) is 5.41 Å². The summed E-state index contributed by atoms with van der Waals surface area (Å²) in [4.78, 5) is 2.54. The van der Waals surface area contributed by atoms with Crippen molar-refractivity contribution in [1.82, 2.24) is 0 Å². The topological polar surface area (TPSA) is 16.4 Å². The van der Waals surface area contributed by atoms with Crippen molar-refractivity contribution >= 4 is 49.8 Å². The monoisotopic (exact) mass is 775 g/mol. The summed E-state index contributed by atoms with van der Waals surface area (Å²) in [5.74, 6) is 0. The van der Waals surface area contributed by atoms with Crippen LogP contribution in [0.4, 0.5) is 17.1 Å². The van der Waals surface area contributed by atoms with Gasteiger partial charge in [-0.25, -0.2) is 0 Å². The number of benzene rings is 10. The summed E-state index contributed by atoms with van der Waals surface area (Å²) in [7, 11) is 0. The van der Waals surface area contributed by atoms with E-state index in [1.54, 1.807) is 0 Å². The van der Waals surface area contributed by atoms with Gasteiger partial charge >= 0.3 is 0 Å². The lowest BCUT2D eigenvalue weighted by Crippen LogP contribution is -2.26. The molecule has 0 N–H and O–H groups in total. The average molecular weight is 776 g/mol. The number of nitrogens with zero attached hydrogens (tertiary/aromatic N) is 1. The second-order valence-electron chi connectivity index (χ2n) is 16.3. The van der Waals surface area contributed by atoms with Crippen LogP contribution in [0.5, 0.6) is 0 Å². The second-order valence-corrected chi connectivity index (χ2v) is 16.3. The quantitative estimate of drug-likeness (QED) is 0.173. The van der Waals surface area contributed by atoms with Crippen molar-refractivity contribution in [1.29, 1.82) is 0 Å². The molecule has 2 nitrogen and oxygen atoms in total. The fraction of sp³-hybridized carbons (Fsp3) is 0.0169. The lowest BCUT2D eigenvalue weighted by Gasteiger charge is -2.33. The lowest BCUT2D eigenvalue weighted by atomic mass is 9.70. The van der Waals surface area contributed by atoms with Crippen LogP contribution in [0, 0.1) is 0 Å². The van der Waals surface area contributed by atoms with Gasteiger partial charge < -0.3 is 9.32 Å². The highest BCUT2D eigenvalue weighted by Crippen LogP contribution is 2.65. The zero-order valence-corrected chi connectivity index (χ0v) is 33.2. The molecule has 0 saturated carbocycles. The van der Waals surface area contributed by atoms with Gasteiger partial charge in [0.25, 0.3) is 0 Å². The third kappa shape index (κ3) is 4.67. The van der Waals surface area contributed by atoms with Gasteiger partial charge in [-0.15, -0.1) is 0 Å². The molecule has 2 aliphatic rings. The highest BCUT2D eigenvalue weighted by molar-refractivity contribution is 6.18. The molecule has 1 aromatic heterocycles. The van der Waals surface area contributed by atoms with Crippen LogP contribution < -0.4 is 4.90 Å². The van der Waals surface area contributed by atoms with E-state index < -0.39 is 5.41 Å². The third-order valence-electron chi connectivity index (χ3n) is 13.3. The van der Waals surface area contributed by atoms with E-state index in [-0.39, 0.29) is 0 Å². The number of anilines is 3. The van der Waals surface area contributed by atoms with E-state index in [1.165, 1.54) is 60.8 Å². The van der Waals surface area contributed by atoms with Crippen LogP contribution in [0.25, 0.3) is 77.2 Å². The summed E-state index contributed by atoms with van der Waals surface area (Å²) in [6.07, 6.45) is 0. The Morgan fingerprint density at radius 1 is 0.328 bits per heavy atom. The van der Waals surface area contributed by atoms with Crippen molar-refractivity contribution in [3.63, 3.8) is 0 Å². The molecule has 0 fully saturated rings. The molecule has 0 atom stereocenters. The molecule has 11 aromatic rings. The van der Waals surface area contributed by atoms with Crippen LogP contribution in [0.1, 0.15) is 22.3 Å². The molecule has 13 rings (SSSR count). The largest absolute Gasteiger partial charge is 0.455 e. The number of hydrogen-bond acceptors (Lipinski definition) is 2. The van der Waals surface area contributed by atoms with E-state index in [4.69, 9.17) is 4.42 Å². The first kappa shape index (κ1) is 34.0. The summed E-state index contributed by atoms with van der Waals surface area (Å²) in [5.41, 5.74) is 19.4. The Kier molecular flexibility index (Phi) is 7.26. The first-order chi connectivity index (χ1) is 30.3. The molecule has 1 spiro atoms.